The molecule has 0 spiro atoms. The SMILES string of the molecule is C=C(/C=C\C(=C/C)N1c2ccccc2Sc2ccccc21)c1ccc(/C=C/c2ccc(-c3ccc(N4c5ccccc5Sc5ccccc54)c4ccccc34)cc2)cc1C1(C)CCCC1. The summed E-state index contributed by atoms with van der Waals surface area (Å²) < 4.78 is 0. The number of rotatable bonds is 9. The number of nitrogens with zero attached hydrogens (tertiary/aromatic N) is 2. The third-order valence-electron chi connectivity index (χ3n) is 13.5. The summed E-state index contributed by atoms with van der Waals surface area (Å²) in [4.78, 5) is 9.89. The van der Waals surface area contributed by atoms with Crippen LogP contribution >= 0.6 is 23.5 Å². The Bertz CT molecular complexity index is 3130. The van der Waals surface area contributed by atoms with Crippen LogP contribution in [0.2, 0.25) is 0 Å². The predicted molar refractivity (Wildman–Crippen MR) is 280 cm³/mol. The number of anilines is 5. The molecule has 1 fully saturated rings. The van der Waals surface area contributed by atoms with Crippen LogP contribution in [-0.2, 0) is 5.41 Å². The maximum absolute atomic E-state index is 4.69. The van der Waals surface area contributed by atoms with Crippen molar-refractivity contribution in [3.05, 3.63) is 229 Å². The zero-order chi connectivity index (χ0) is 43.9. The monoisotopic (exact) mass is 874 g/mol. The van der Waals surface area contributed by atoms with Gasteiger partial charge in [-0.05, 0) is 130 Å². The van der Waals surface area contributed by atoms with Crippen LogP contribution in [0.5, 0.6) is 0 Å². The minimum Gasteiger partial charge on any atom is -0.309 e. The van der Waals surface area contributed by atoms with Crippen molar-refractivity contribution in [2.24, 2.45) is 0 Å². The second-order valence-corrected chi connectivity index (χ2v) is 19.7. The van der Waals surface area contributed by atoms with Crippen molar-refractivity contribution >= 4 is 80.5 Å². The number of para-hydroxylation sites is 4. The molecule has 0 radical (unpaired) electrons. The zero-order valence-electron chi connectivity index (χ0n) is 36.9. The predicted octanol–water partition coefficient (Wildman–Crippen LogP) is 18.2. The first-order valence-corrected chi connectivity index (χ1v) is 24.4. The largest absolute Gasteiger partial charge is 0.309 e. The molecule has 0 atom stereocenters. The Labute approximate surface area is 392 Å². The summed E-state index contributed by atoms with van der Waals surface area (Å²) in [5, 5.41) is 2.48. The van der Waals surface area contributed by atoms with Gasteiger partial charge in [-0.1, -0.05) is 195 Å². The van der Waals surface area contributed by atoms with E-state index in [4.69, 9.17) is 6.58 Å². The molecule has 1 aliphatic carbocycles. The first kappa shape index (κ1) is 41.0. The van der Waals surface area contributed by atoms with Crippen molar-refractivity contribution in [3.8, 4) is 11.1 Å². The number of fused-ring (bicyclic) bond motifs is 5. The molecule has 1 saturated carbocycles. The van der Waals surface area contributed by atoms with Crippen LogP contribution in [0.1, 0.15) is 61.8 Å². The molecule has 4 heteroatoms. The summed E-state index contributed by atoms with van der Waals surface area (Å²) in [5.74, 6) is 0. The molecule has 0 bridgehead atoms. The van der Waals surface area contributed by atoms with Gasteiger partial charge < -0.3 is 9.80 Å². The molecule has 316 valence electrons. The van der Waals surface area contributed by atoms with E-state index in [0.29, 0.717) is 0 Å². The first-order chi connectivity index (χ1) is 32.0. The third kappa shape index (κ3) is 7.65. The fraction of sp³-hybridized carbons (Fsp3) is 0.115. The molecule has 0 unspecified atom stereocenters. The van der Waals surface area contributed by atoms with Crippen LogP contribution in [0.25, 0.3) is 39.6 Å². The fourth-order valence-corrected chi connectivity index (χ4v) is 12.2. The maximum atomic E-state index is 4.69. The molecule has 0 amide bonds. The Morgan fingerprint density at radius 3 is 1.68 bits per heavy atom. The molecule has 0 N–H and O–H groups in total. The van der Waals surface area contributed by atoms with Crippen molar-refractivity contribution in [1.29, 1.82) is 0 Å². The van der Waals surface area contributed by atoms with Crippen LogP contribution in [-0.4, -0.2) is 0 Å². The molecular weight excluding hydrogens is 825 g/mol. The van der Waals surface area contributed by atoms with Crippen molar-refractivity contribution in [3.63, 3.8) is 0 Å². The second kappa shape index (κ2) is 17.3. The van der Waals surface area contributed by atoms with Gasteiger partial charge in [0, 0.05) is 30.7 Å². The first-order valence-electron chi connectivity index (χ1n) is 22.8. The average Bonchev–Trinajstić information content (AvgIpc) is 3.81. The van der Waals surface area contributed by atoms with Gasteiger partial charge in [-0.15, -0.1) is 0 Å². The second-order valence-electron chi connectivity index (χ2n) is 17.5. The van der Waals surface area contributed by atoms with E-state index in [1.807, 2.05) is 23.5 Å². The van der Waals surface area contributed by atoms with Gasteiger partial charge in [0.05, 0.1) is 28.4 Å². The topological polar surface area (TPSA) is 6.48 Å². The molecule has 2 heterocycles. The summed E-state index contributed by atoms with van der Waals surface area (Å²) in [7, 11) is 0. The highest BCUT2D eigenvalue weighted by atomic mass is 32.2. The zero-order valence-corrected chi connectivity index (χ0v) is 38.5. The molecule has 2 aliphatic heterocycles. The van der Waals surface area contributed by atoms with Crippen molar-refractivity contribution in [1.82, 2.24) is 0 Å². The molecule has 8 aromatic rings. The Morgan fingerprint density at radius 2 is 1.06 bits per heavy atom. The van der Waals surface area contributed by atoms with E-state index in [-0.39, 0.29) is 5.41 Å². The van der Waals surface area contributed by atoms with Crippen molar-refractivity contribution in [2.45, 2.75) is 64.5 Å². The highest BCUT2D eigenvalue weighted by Gasteiger charge is 2.33. The molecule has 0 saturated heterocycles. The number of allylic oxidation sites excluding steroid dienone is 4. The normalized spacial score (nSPS) is 15.3. The lowest BCUT2D eigenvalue weighted by atomic mass is 9.76. The summed E-state index contributed by atoms with van der Waals surface area (Å²) in [6, 6.07) is 64.4. The Hall–Kier alpha value is -6.72. The van der Waals surface area contributed by atoms with Crippen LogP contribution in [0.15, 0.2) is 226 Å². The Morgan fingerprint density at radius 1 is 0.538 bits per heavy atom. The molecule has 3 aliphatic rings. The van der Waals surface area contributed by atoms with E-state index in [0.717, 1.165) is 11.3 Å². The molecular formula is C61H50N2S2. The van der Waals surface area contributed by atoms with Gasteiger partial charge in [-0.25, -0.2) is 0 Å². The van der Waals surface area contributed by atoms with Crippen LogP contribution in [0.3, 0.4) is 0 Å². The minimum atomic E-state index is 0.112. The van der Waals surface area contributed by atoms with Gasteiger partial charge in [0.25, 0.3) is 0 Å². The molecule has 2 nitrogen and oxygen atoms in total. The average molecular weight is 875 g/mol. The molecule has 65 heavy (non-hydrogen) atoms. The van der Waals surface area contributed by atoms with Gasteiger partial charge in [0.2, 0.25) is 0 Å². The van der Waals surface area contributed by atoms with Gasteiger partial charge in [-0.2, -0.15) is 0 Å². The van der Waals surface area contributed by atoms with Gasteiger partial charge in [-0.3, -0.25) is 0 Å². The van der Waals surface area contributed by atoms with E-state index < -0.39 is 0 Å². The summed E-state index contributed by atoms with van der Waals surface area (Å²) in [6.45, 7) is 9.28. The van der Waals surface area contributed by atoms with Gasteiger partial charge >= 0.3 is 0 Å². The number of hydrogen-bond donors (Lipinski definition) is 0. The molecule has 0 aromatic heterocycles. The lowest BCUT2D eigenvalue weighted by Crippen LogP contribution is -2.19. The van der Waals surface area contributed by atoms with E-state index in [1.54, 1.807) is 0 Å². The molecule has 8 aromatic carbocycles. The Balaban J connectivity index is 0.868. The van der Waals surface area contributed by atoms with E-state index >= 15 is 0 Å². The van der Waals surface area contributed by atoms with E-state index in [1.165, 1.54) is 118 Å². The highest BCUT2D eigenvalue weighted by Crippen LogP contribution is 2.53. The van der Waals surface area contributed by atoms with Crippen molar-refractivity contribution in [2.75, 3.05) is 9.80 Å². The number of hydrogen-bond acceptors (Lipinski definition) is 4. The summed E-state index contributed by atoms with van der Waals surface area (Å²) >= 11 is 3.68. The van der Waals surface area contributed by atoms with Crippen LogP contribution < -0.4 is 9.80 Å². The summed E-state index contributed by atoms with van der Waals surface area (Å²) in [5.41, 5.74) is 15.8. The standard InChI is InChI=1S/C61H50N2S2/c1-4-46(62-53-19-7-11-23-57(53)64-58-24-12-8-20-54(58)62)35-27-42(2)47-36-32-44(41-51(47)61(3)39-15-16-40-61)29-28-43-30-33-45(34-31-43)48-37-38-52(50-18-6-5-17-49(48)50)63-55-21-9-13-25-59(55)65-60-26-14-10-22-56(60)63/h4-14,17-38,41H,2,15-16,39-40H2,1,3H3/b29-28+,35-27-,46-4+. The quantitative estimate of drug-likeness (QED) is 0.105. The smallest absolute Gasteiger partial charge is 0.0601 e. The van der Waals surface area contributed by atoms with E-state index in [2.05, 4.69) is 230 Å². The fourth-order valence-electron chi connectivity index (χ4n) is 10.1. The van der Waals surface area contributed by atoms with E-state index in [9.17, 15) is 0 Å². The number of benzene rings is 8. The highest BCUT2D eigenvalue weighted by molar-refractivity contribution is 8.00. The van der Waals surface area contributed by atoms with Crippen LogP contribution in [0.4, 0.5) is 28.4 Å². The van der Waals surface area contributed by atoms with Crippen LogP contribution in [0, 0.1) is 0 Å². The van der Waals surface area contributed by atoms with Crippen molar-refractivity contribution < 1.29 is 0 Å². The maximum Gasteiger partial charge on any atom is 0.0601 e. The van der Waals surface area contributed by atoms with Gasteiger partial charge in [0.15, 0.2) is 0 Å². The Kier molecular flexibility index (Phi) is 10.9. The lowest BCUT2D eigenvalue weighted by Gasteiger charge is -2.33. The lowest BCUT2D eigenvalue weighted by molar-refractivity contribution is 0.490. The third-order valence-corrected chi connectivity index (χ3v) is 15.7. The summed E-state index contributed by atoms with van der Waals surface area (Å²) in [6.07, 6.45) is 16.1. The minimum absolute atomic E-state index is 0.112. The molecule has 11 rings (SSSR count). The van der Waals surface area contributed by atoms with Gasteiger partial charge in [0.1, 0.15) is 0 Å².